The number of Topliss-reactive ketones (excluding diaryl/α,β-unsaturated/α-hetero) is 1. The minimum Gasteiger partial charge on any atom is -0.366 e. The number of primary amides is 1. The number of thiophene rings is 1. The molecule has 0 spiro atoms. The van der Waals surface area contributed by atoms with E-state index in [0.717, 1.165) is 3.57 Å². The summed E-state index contributed by atoms with van der Waals surface area (Å²) in [5, 5.41) is 0. The van der Waals surface area contributed by atoms with Crippen LogP contribution in [0, 0.1) is 9.39 Å². The number of carbonyl (C=O) groups excluding carboxylic acids is 2. The summed E-state index contributed by atoms with van der Waals surface area (Å²) < 4.78 is 14.9. The van der Waals surface area contributed by atoms with E-state index in [1.165, 1.54) is 24.3 Å². The van der Waals surface area contributed by atoms with Crippen LogP contribution < -0.4 is 5.73 Å². The number of nitrogens with two attached hydrogens (primary N) is 1. The van der Waals surface area contributed by atoms with Gasteiger partial charge in [-0.15, -0.1) is 11.3 Å². The molecule has 3 nitrogen and oxygen atoms in total. The van der Waals surface area contributed by atoms with Crippen molar-refractivity contribution in [3.63, 3.8) is 0 Å². The van der Waals surface area contributed by atoms with Gasteiger partial charge >= 0.3 is 0 Å². The molecule has 0 fully saturated rings. The number of halogens is 2. The van der Waals surface area contributed by atoms with Crippen LogP contribution in [0.5, 0.6) is 0 Å². The first kappa shape index (κ1) is 18.1. The van der Waals surface area contributed by atoms with Gasteiger partial charge < -0.3 is 5.73 Å². The number of hydrogen-bond acceptors (Lipinski definition) is 3. The van der Waals surface area contributed by atoms with Crippen molar-refractivity contribution in [3.8, 4) is 0 Å². The van der Waals surface area contributed by atoms with Gasteiger partial charge in [0.1, 0.15) is 5.82 Å². The van der Waals surface area contributed by atoms with Crippen molar-refractivity contribution in [2.24, 2.45) is 5.73 Å². The molecule has 0 aliphatic carbocycles. The number of ketones is 1. The first-order valence-electron chi connectivity index (χ1n) is 7.12. The van der Waals surface area contributed by atoms with Gasteiger partial charge in [-0.05, 0) is 58.7 Å². The Hall–Kier alpha value is -1.28. The van der Waals surface area contributed by atoms with E-state index in [9.17, 15) is 14.0 Å². The minimum atomic E-state index is -0.571. The Balaban J connectivity index is 2.60. The Kier molecular flexibility index (Phi) is 5.57. The zero-order valence-electron chi connectivity index (χ0n) is 13.1. The summed E-state index contributed by atoms with van der Waals surface area (Å²) in [7, 11) is 0. The van der Waals surface area contributed by atoms with Crippen LogP contribution in [0.4, 0.5) is 4.39 Å². The second-order valence-electron chi connectivity index (χ2n) is 5.63. The van der Waals surface area contributed by atoms with E-state index < -0.39 is 5.91 Å². The Labute approximate surface area is 152 Å². The first-order valence-corrected chi connectivity index (χ1v) is 9.02. The summed E-state index contributed by atoms with van der Waals surface area (Å²) in [5.41, 5.74) is 7.08. The molecule has 1 aromatic carbocycles. The highest BCUT2D eigenvalue weighted by Gasteiger charge is 2.26. The van der Waals surface area contributed by atoms with Gasteiger partial charge in [0.05, 0.1) is 10.4 Å². The van der Waals surface area contributed by atoms with Crippen LogP contribution in [0.25, 0.3) is 0 Å². The first-order chi connectivity index (χ1) is 10.7. The van der Waals surface area contributed by atoms with E-state index in [1.54, 1.807) is 6.07 Å². The van der Waals surface area contributed by atoms with Crippen LogP contribution in [0.2, 0.25) is 0 Å². The zero-order valence-corrected chi connectivity index (χ0v) is 16.0. The molecule has 0 bridgehead atoms. The predicted octanol–water partition coefficient (Wildman–Crippen LogP) is 4.51. The molecule has 0 saturated carbocycles. The summed E-state index contributed by atoms with van der Waals surface area (Å²) in [6.07, 6.45) is 0.249. The van der Waals surface area contributed by atoms with Crippen molar-refractivity contribution < 1.29 is 14.0 Å². The fourth-order valence-corrected chi connectivity index (χ4v) is 4.37. The van der Waals surface area contributed by atoms with Gasteiger partial charge in [0.15, 0.2) is 5.78 Å². The fourth-order valence-electron chi connectivity index (χ4n) is 2.54. The molecule has 0 aliphatic heterocycles. The van der Waals surface area contributed by atoms with E-state index in [4.69, 9.17) is 5.73 Å². The molecule has 2 N–H and O–H groups in total. The molecule has 6 heteroatoms. The Morgan fingerprint density at radius 1 is 1.35 bits per heavy atom. The highest BCUT2D eigenvalue weighted by molar-refractivity contribution is 14.1. The van der Waals surface area contributed by atoms with Gasteiger partial charge in [0.25, 0.3) is 0 Å². The molecule has 2 aromatic rings. The molecule has 23 heavy (non-hydrogen) atoms. The average molecular weight is 445 g/mol. The Morgan fingerprint density at radius 2 is 2.00 bits per heavy atom. The summed E-state index contributed by atoms with van der Waals surface area (Å²) in [6.45, 7) is 5.30. The number of carbonyl (C=O) groups is 2. The third kappa shape index (κ3) is 3.80. The van der Waals surface area contributed by atoms with Gasteiger partial charge in [0, 0.05) is 14.9 Å². The van der Waals surface area contributed by atoms with Gasteiger partial charge in [0.2, 0.25) is 5.91 Å². The highest BCUT2D eigenvalue weighted by Crippen LogP contribution is 2.36. The van der Waals surface area contributed by atoms with Crippen LogP contribution in [-0.2, 0) is 6.42 Å². The van der Waals surface area contributed by atoms with Crippen molar-refractivity contribution in [2.45, 2.75) is 33.1 Å². The standard InChI is InChI=1S/C17H17FINO2S/c1-8(2)14-15(17(20)22)13(23-16(14)9(3)21)6-10-4-5-11(19)7-12(10)18/h4-5,7-8H,6H2,1-3H3,(H2,20,22). The van der Waals surface area contributed by atoms with E-state index in [1.807, 2.05) is 42.5 Å². The number of benzene rings is 1. The second kappa shape index (κ2) is 7.09. The molecule has 0 radical (unpaired) electrons. The summed E-state index contributed by atoms with van der Waals surface area (Å²) >= 11 is 3.28. The zero-order chi connectivity index (χ0) is 17.3. The Bertz CT molecular complexity index is 783. The monoisotopic (exact) mass is 445 g/mol. The van der Waals surface area contributed by atoms with Gasteiger partial charge in [-0.2, -0.15) is 0 Å². The topological polar surface area (TPSA) is 60.2 Å². The van der Waals surface area contributed by atoms with E-state index in [0.29, 0.717) is 26.4 Å². The molecule has 1 heterocycles. The maximum atomic E-state index is 14.1. The van der Waals surface area contributed by atoms with Crippen molar-refractivity contribution in [1.82, 2.24) is 0 Å². The molecular weight excluding hydrogens is 428 g/mol. The maximum absolute atomic E-state index is 14.1. The molecule has 1 aromatic heterocycles. The van der Waals surface area contributed by atoms with Crippen LogP contribution in [0.3, 0.4) is 0 Å². The lowest BCUT2D eigenvalue weighted by Crippen LogP contribution is -2.16. The lowest BCUT2D eigenvalue weighted by Gasteiger charge is -2.09. The van der Waals surface area contributed by atoms with Crippen molar-refractivity contribution in [1.29, 1.82) is 0 Å². The number of amides is 1. The molecule has 2 rings (SSSR count). The lowest BCUT2D eigenvalue weighted by molar-refractivity contribution is 0.0998. The van der Waals surface area contributed by atoms with Crippen molar-refractivity contribution in [2.75, 3.05) is 0 Å². The average Bonchev–Trinajstić information content (AvgIpc) is 2.81. The third-order valence-electron chi connectivity index (χ3n) is 3.53. The molecule has 0 unspecified atom stereocenters. The largest absolute Gasteiger partial charge is 0.366 e. The Morgan fingerprint density at radius 3 is 2.48 bits per heavy atom. The molecule has 122 valence electrons. The van der Waals surface area contributed by atoms with E-state index in [-0.39, 0.29) is 23.9 Å². The molecule has 0 aliphatic rings. The van der Waals surface area contributed by atoms with Gasteiger partial charge in [-0.1, -0.05) is 19.9 Å². The van der Waals surface area contributed by atoms with E-state index in [2.05, 4.69) is 0 Å². The van der Waals surface area contributed by atoms with Gasteiger partial charge in [-0.3, -0.25) is 9.59 Å². The second-order valence-corrected chi connectivity index (χ2v) is 7.98. The van der Waals surface area contributed by atoms with Crippen molar-refractivity contribution in [3.05, 3.63) is 54.0 Å². The number of rotatable bonds is 5. The summed E-state index contributed by atoms with van der Waals surface area (Å²) in [6, 6.07) is 4.96. The summed E-state index contributed by atoms with van der Waals surface area (Å²) in [5.74, 6) is -1.01. The van der Waals surface area contributed by atoms with Gasteiger partial charge in [-0.25, -0.2) is 4.39 Å². The van der Waals surface area contributed by atoms with Crippen LogP contribution >= 0.6 is 33.9 Å². The molecular formula is C17H17FINO2S. The smallest absolute Gasteiger partial charge is 0.250 e. The molecule has 0 atom stereocenters. The van der Waals surface area contributed by atoms with Crippen molar-refractivity contribution >= 4 is 45.6 Å². The normalized spacial score (nSPS) is 11.0. The molecule has 1 amide bonds. The maximum Gasteiger partial charge on any atom is 0.250 e. The summed E-state index contributed by atoms with van der Waals surface area (Å²) in [4.78, 5) is 25.0. The quantitative estimate of drug-likeness (QED) is 0.544. The fraction of sp³-hybridized carbons (Fsp3) is 0.294. The highest BCUT2D eigenvalue weighted by atomic mass is 127. The molecule has 0 saturated heterocycles. The van der Waals surface area contributed by atoms with E-state index >= 15 is 0 Å². The van der Waals surface area contributed by atoms with Crippen LogP contribution in [0.15, 0.2) is 18.2 Å². The SMILES string of the molecule is CC(=O)c1sc(Cc2ccc(I)cc2F)c(C(N)=O)c1C(C)C. The lowest BCUT2D eigenvalue weighted by atomic mass is 9.94. The minimum absolute atomic E-state index is 0.0111. The van der Waals surface area contributed by atoms with Crippen LogP contribution in [0.1, 0.15) is 62.7 Å². The van der Waals surface area contributed by atoms with Crippen LogP contribution in [-0.4, -0.2) is 11.7 Å². The number of hydrogen-bond donors (Lipinski definition) is 1. The third-order valence-corrected chi connectivity index (χ3v) is 5.51. The predicted molar refractivity (Wildman–Crippen MR) is 98.9 cm³/mol.